The number of amides is 2. The van der Waals surface area contributed by atoms with E-state index >= 15 is 0 Å². The summed E-state index contributed by atoms with van der Waals surface area (Å²) in [7, 11) is 1.63. The second-order valence-electron chi connectivity index (χ2n) is 7.64. The molecule has 2 saturated heterocycles. The van der Waals surface area contributed by atoms with Crippen LogP contribution in [0.25, 0.3) is 0 Å². The lowest BCUT2D eigenvalue weighted by Crippen LogP contribution is -2.51. The molecular formula is C19H28N4O4. The lowest BCUT2D eigenvalue weighted by molar-refractivity contribution is -0.146. The first kappa shape index (κ1) is 19.5. The molecule has 2 amide bonds. The Kier molecular flexibility index (Phi) is 5.64. The van der Waals surface area contributed by atoms with Crippen LogP contribution in [0.2, 0.25) is 0 Å². The number of nitrogens with zero attached hydrogens (tertiary/aromatic N) is 4. The SMILES string of the molecule is COCCN1CCC[C@]2(CCN(C(=O)Cn3c(C)cc(C)nc3=O)C2)C1=O. The third-order valence-electron chi connectivity index (χ3n) is 5.74. The predicted molar refractivity (Wildman–Crippen MR) is 99.3 cm³/mol. The van der Waals surface area contributed by atoms with Gasteiger partial charge in [-0.1, -0.05) is 0 Å². The number of aryl methyl sites for hydroxylation is 2. The summed E-state index contributed by atoms with van der Waals surface area (Å²) in [6.07, 6.45) is 2.43. The molecule has 148 valence electrons. The van der Waals surface area contributed by atoms with Gasteiger partial charge >= 0.3 is 5.69 Å². The number of rotatable bonds is 5. The molecule has 2 aliphatic heterocycles. The Morgan fingerprint density at radius 2 is 2.04 bits per heavy atom. The summed E-state index contributed by atoms with van der Waals surface area (Å²) in [5, 5.41) is 0. The third kappa shape index (κ3) is 3.90. The molecule has 0 aliphatic carbocycles. The molecule has 27 heavy (non-hydrogen) atoms. The van der Waals surface area contributed by atoms with E-state index in [-0.39, 0.29) is 18.4 Å². The van der Waals surface area contributed by atoms with E-state index in [1.54, 1.807) is 31.9 Å². The normalized spacial score (nSPS) is 22.7. The van der Waals surface area contributed by atoms with Gasteiger partial charge in [-0.15, -0.1) is 0 Å². The van der Waals surface area contributed by atoms with Crippen LogP contribution < -0.4 is 5.69 Å². The van der Waals surface area contributed by atoms with Crippen molar-refractivity contribution < 1.29 is 14.3 Å². The second kappa shape index (κ2) is 7.80. The van der Waals surface area contributed by atoms with Crippen molar-refractivity contribution in [2.24, 2.45) is 5.41 Å². The van der Waals surface area contributed by atoms with E-state index in [1.807, 2.05) is 4.90 Å². The summed E-state index contributed by atoms with van der Waals surface area (Å²) in [4.78, 5) is 45.4. The van der Waals surface area contributed by atoms with Crippen LogP contribution in [-0.4, -0.2) is 71.1 Å². The Balaban J connectivity index is 1.69. The Hall–Kier alpha value is -2.22. The van der Waals surface area contributed by atoms with Gasteiger partial charge in [0.25, 0.3) is 0 Å². The predicted octanol–water partition coefficient (Wildman–Crippen LogP) is 0.348. The maximum absolute atomic E-state index is 13.0. The zero-order chi connectivity index (χ0) is 19.6. The first-order valence-electron chi connectivity index (χ1n) is 9.47. The highest BCUT2D eigenvalue weighted by Crippen LogP contribution is 2.40. The van der Waals surface area contributed by atoms with Gasteiger partial charge in [-0.25, -0.2) is 4.79 Å². The van der Waals surface area contributed by atoms with E-state index in [1.165, 1.54) is 4.57 Å². The van der Waals surface area contributed by atoms with Gasteiger partial charge in [0.05, 0.1) is 12.0 Å². The molecular weight excluding hydrogens is 348 g/mol. The summed E-state index contributed by atoms with van der Waals surface area (Å²) in [6.45, 7) is 6.37. The first-order valence-corrected chi connectivity index (χ1v) is 9.47. The van der Waals surface area contributed by atoms with Gasteiger partial charge in [0.2, 0.25) is 11.8 Å². The van der Waals surface area contributed by atoms with E-state index in [4.69, 9.17) is 4.74 Å². The molecule has 3 heterocycles. The topological polar surface area (TPSA) is 84.7 Å². The van der Waals surface area contributed by atoms with E-state index in [2.05, 4.69) is 4.98 Å². The van der Waals surface area contributed by atoms with Crippen LogP contribution in [0.15, 0.2) is 10.9 Å². The number of hydrogen-bond donors (Lipinski definition) is 0. The van der Waals surface area contributed by atoms with Gasteiger partial charge in [0.1, 0.15) is 6.54 Å². The molecule has 2 fully saturated rings. The van der Waals surface area contributed by atoms with Crippen molar-refractivity contribution in [2.75, 3.05) is 39.9 Å². The maximum atomic E-state index is 13.0. The van der Waals surface area contributed by atoms with Crippen LogP contribution in [0.4, 0.5) is 0 Å². The van der Waals surface area contributed by atoms with Gasteiger partial charge < -0.3 is 14.5 Å². The molecule has 0 saturated carbocycles. The molecule has 0 bridgehead atoms. The fourth-order valence-electron chi connectivity index (χ4n) is 4.23. The Morgan fingerprint density at radius 1 is 1.26 bits per heavy atom. The van der Waals surface area contributed by atoms with Crippen molar-refractivity contribution in [2.45, 2.75) is 39.7 Å². The zero-order valence-corrected chi connectivity index (χ0v) is 16.4. The molecule has 0 unspecified atom stereocenters. The van der Waals surface area contributed by atoms with Crippen LogP contribution in [0, 0.1) is 19.3 Å². The Bertz CT molecular complexity index is 790. The highest BCUT2D eigenvalue weighted by molar-refractivity contribution is 5.86. The molecule has 1 aromatic rings. The minimum Gasteiger partial charge on any atom is -0.383 e. The standard InChI is InChI=1S/C19H28N4O4/c1-14-11-15(2)23(18(26)20-14)12-16(24)22-8-6-19(13-22)5-4-7-21(17(19)25)9-10-27-3/h11H,4-10,12-13H2,1-3H3/t19-/m1/s1. The first-order chi connectivity index (χ1) is 12.9. The van der Waals surface area contributed by atoms with Crippen molar-refractivity contribution >= 4 is 11.8 Å². The Labute approximate surface area is 159 Å². The third-order valence-corrected chi connectivity index (χ3v) is 5.74. The summed E-state index contributed by atoms with van der Waals surface area (Å²) < 4.78 is 6.50. The monoisotopic (exact) mass is 376 g/mol. The van der Waals surface area contributed by atoms with Crippen LogP contribution in [-0.2, 0) is 20.9 Å². The molecule has 2 aliphatic rings. The van der Waals surface area contributed by atoms with Crippen LogP contribution in [0.3, 0.4) is 0 Å². The van der Waals surface area contributed by atoms with E-state index in [0.29, 0.717) is 44.0 Å². The number of ether oxygens (including phenoxy) is 1. The fourth-order valence-corrected chi connectivity index (χ4v) is 4.23. The van der Waals surface area contributed by atoms with Gasteiger partial charge in [0, 0.05) is 44.7 Å². The van der Waals surface area contributed by atoms with E-state index in [0.717, 1.165) is 19.4 Å². The van der Waals surface area contributed by atoms with Gasteiger partial charge in [-0.3, -0.25) is 14.2 Å². The summed E-state index contributed by atoms with van der Waals surface area (Å²) >= 11 is 0. The summed E-state index contributed by atoms with van der Waals surface area (Å²) in [5.41, 5.74) is 0.474. The van der Waals surface area contributed by atoms with Gasteiger partial charge in [-0.05, 0) is 39.2 Å². The van der Waals surface area contributed by atoms with Crippen LogP contribution >= 0.6 is 0 Å². The average Bonchev–Trinajstić information content (AvgIpc) is 3.04. The lowest BCUT2D eigenvalue weighted by atomic mass is 9.78. The average molecular weight is 376 g/mol. The molecule has 1 spiro atoms. The smallest absolute Gasteiger partial charge is 0.348 e. The summed E-state index contributed by atoms with van der Waals surface area (Å²) in [6, 6.07) is 1.79. The number of hydrogen-bond acceptors (Lipinski definition) is 5. The lowest BCUT2D eigenvalue weighted by Gasteiger charge is -2.39. The van der Waals surface area contributed by atoms with Crippen LogP contribution in [0.1, 0.15) is 30.7 Å². The number of carbonyl (C=O) groups excluding carboxylic acids is 2. The largest absolute Gasteiger partial charge is 0.383 e. The quantitative estimate of drug-likeness (QED) is 0.740. The number of carbonyl (C=O) groups is 2. The van der Waals surface area contributed by atoms with E-state index in [9.17, 15) is 14.4 Å². The highest BCUT2D eigenvalue weighted by Gasteiger charge is 2.49. The van der Waals surface area contributed by atoms with E-state index < -0.39 is 11.1 Å². The number of likely N-dealkylation sites (tertiary alicyclic amines) is 2. The molecule has 1 atom stereocenters. The number of piperidine rings is 1. The number of aromatic nitrogens is 2. The van der Waals surface area contributed by atoms with Gasteiger partial charge in [0.15, 0.2) is 0 Å². The molecule has 0 N–H and O–H groups in total. The molecule has 8 nitrogen and oxygen atoms in total. The number of methoxy groups -OCH3 is 1. The van der Waals surface area contributed by atoms with Crippen molar-refractivity contribution in [3.05, 3.63) is 27.9 Å². The zero-order valence-electron chi connectivity index (χ0n) is 16.4. The molecule has 8 heteroatoms. The fraction of sp³-hybridized carbons (Fsp3) is 0.684. The second-order valence-corrected chi connectivity index (χ2v) is 7.64. The van der Waals surface area contributed by atoms with Gasteiger partial charge in [-0.2, -0.15) is 4.98 Å². The minimum atomic E-state index is -0.479. The van der Waals surface area contributed by atoms with Crippen molar-refractivity contribution in [3.8, 4) is 0 Å². The molecule has 0 radical (unpaired) electrons. The molecule has 1 aromatic heterocycles. The minimum absolute atomic E-state index is 0.0321. The van der Waals surface area contributed by atoms with Crippen molar-refractivity contribution in [1.29, 1.82) is 0 Å². The molecule has 3 rings (SSSR count). The highest BCUT2D eigenvalue weighted by atomic mass is 16.5. The van der Waals surface area contributed by atoms with Crippen LogP contribution in [0.5, 0.6) is 0 Å². The van der Waals surface area contributed by atoms with Crippen molar-refractivity contribution in [1.82, 2.24) is 19.4 Å². The summed E-state index contributed by atoms with van der Waals surface area (Å²) in [5.74, 6) is -0.00371. The van der Waals surface area contributed by atoms with Crippen molar-refractivity contribution in [3.63, 3.8) is 0 Å². The maximum Gasteiger partial charge on any atom is 0.348 e. The molecule has 0 aromatic carbocycles. The Morgan fingerprint density at radius 3 is 2.74 bits per heavy atom.